The van der Waals surface area contributed by atoms with Crippen LogP contribution in [0.4, 0.5) is 9.59 Å². The highest BCUT2D eigenvalue weighted by molar-refractivity contribution is 5.94. The molecule has 0 aromatic heterocycles. The number of ether oxygens (including phenoxy) is 3. The number of aromatic hydroxyl groups is 2. The highest BCUT2D eigenvalue weighted by atomic mass is 35.5. The minimum Gasteiger partial charge on any atom is -0.508 e. The largest absolute Gasteiger partial charge is 0.508 e. The Labute approximate surface area is 581 Å². The minimum atomic E-state index is -0.988. The van der Waals surface area contributed by atoms with Gasteiger partial charge in [0.25, 0.3) is 0 Å². The molecule has 12 N–H and O–H groups in total. The summed E-state index contributed by atoms with van der Waals surface area (Å²) in [6.45, 7) is 13.4. The molecule has 0 aliphatic carbocycles. The number of hydrogen-bond donors (Lipinski definition) is 9. The minimum absolute atomic E-state index is 0. The van der Waals surface area contributed by atoms with Crippen molar-refractivity contribution in [2.24, 2.45) is 35.0 Å². The number of amides is 6. The zero-order chi connectivity index (χ0) is 71.0. The first kappa shape index (κ1) is 80.8. The molecule has 98 heavy (non-hydrogen) atoms. The van der Waals surface area contributed by atoms with E-state index in [1.165, 1.54) is 0 Å². The highest BCUT2D eigenvalue weighted by Gasteiger charge is 2.33. The molecule has 22 heteroatoms. The van der Waals surface area contributed by atoms with E-state index in [4.69, 9.17) is 31.4 Å². The molecule has 0 fully saturated rings. The number of nitrogens with one attached hydrogen (secondary N) is 4. The second kappa shape index (κ2) is 41.5. The molecule has 6 aromatic rings. The van der Waals surface area contributed by atoms with E-state index in [9.17, 15) is 53.4 Å². The van der Waals surface area contributed by atoms with Gasteiger partial charge in [0.05, 0.1) is 30.5 Å². The van der Waals surface area contributed by atoms with E-state index < -0.39 is 83.3 Å². The van der Waals surface area contributed by atoms with Gasteiger partial charge < -0.3 is 62.9 Å². The Kier molecular flexibility index (Phi) is 34.2. The van der Waals surface area contributed by atoms with E-state index in [0.717, 1.165) is 55.6 Å². The van der Waals surface area contributed by atoms with Crippen LogP contribution in [0.5, 0.6) is 11.5 Å². The number of carbonyl (C=O) groups is 9. The van der Waals surface area contributed by atoms with Crippen molar-refractivity contribution < 1.29 is 67.6 Å². The maximum Gasteiger partial charge on any atom is 0.407 e. The number of ketones is 2. The summed E-state index contributed by atoms with van der Waals surface area (Å²) in [5.74, 6) is -5.68. The van der Waals surface area contributed by atoms with E-state index in [1.54, 1.807) is 45.0 Å². The third-order valence-electron chi connectivity index (χ3n) is 16.3. The first-order valence-electron chi connectivity index (χ1n) is 32.9. The molecule has 0 aliphatic rings. The molecule has 2 unspecified atom stereocenters. The van der Waals surface area contributed by atoms with Crippen molar-refractivity contribution in [3.63, 3.8) is 0 Å². The van der Waals surface area contributed by atoms with Gasteiger partial charge in [-0.25, -0.2) is 9.59 Å². The quantitative estimate of drug-likeness (QED) is 0.0100. The third-order valence-corrected chi connectivity index (χ3v) is 16.3. The Bertz CT molecular complexity index is 3510. The van der Waals surface area contributed by atoms with Crippen LogP contribution in [0.2, 0.25) is 0 Å². The Morgan fingerprint density at radius 2 is 0.806 bits per heavy atom. The number of nitrogens with two attached hydrogens (primary N) is 3. The van der Waals surface area contributed by atoms with Gasteiger partial charge in [0.1, 0.15) is 30.3 Å². The van der Waals surface area contributed by atoms with Crippen LogP contribution in [0.3, 0.4) is 0 Å². The van der Waals surface area contributed by atoms with Crippen LogP contribution in [0.15, 0.2) is 146 Å². The molecule has 6 rings (SSSR count). The zero-order valence-electron chi connectivity index (χ0n) is 57.3. The summed E-state index contributed by atoms with van der Waals surface area (Å²) in [6, 6.07) is 40.7. The summed E-state index contributed by atoms with van der Waals surface area (Å²) < 4.78 is 16.0. The van der Waals surface area contributed by atoms with E-state index in [0.29, 0.717) is 38.6 Å². The Hall–Kier alpha value is -9.60. The standard InChI is InChI=1S/C41H53N3O8.C35H44N4O6.ClH/c1-27-20-33(45)21-28(2)34(27)23-32(25-37(47)52-41(3,4)5)39(49)44-35(36(46)24-31(38(42)48)22-29-14-8-6-9-15-29)18-12-13-19-43-40(50)51-26-30-16-10-7-11-17-30;1-23-17-28(40)18-24(2)29(23)21-30(36)34(43)39-31(32(41)20-27(33(37)42)19-25-11-5-3-6-12-25)15-9-10-16-38-35(44)45-22-26-13-7-4-8-14-26;/h6-11,14-17,20-21,31-32,35,45H,12-13,18-19,22-26H2,1-5H3,(H2,42,48)(H,43,50)(H,44,49);3-8,11-14,17-18,27,30-31,40H,9-10,15-16,19-22,36H2,1-2H3,(H2,37,42)(H,38,44)(H,39,43);1H/t31?,32-,35+;27?,30-,31-;/m10./s1. The average molecular weight is 1370 g/mol. The van der Waals surface area contributed by atoms with Crippen molar-refractivity contribution in [1.29, 1.82) is 0 Å². The maximum absolute atomic E-state index is 14.0. The van der Waals surface area contributed by atoms with Gasteiger partial charge in [-0.15, -0.1) is 12.4 Å². The van der Waals surface area contributed by atoms with Gasteiger partial charge in [0.15, 0.2) is 11.6 Å². The molecule has 0 aliphatic heterocycles. The Morgan fingerprint density at radius 3 is 1.16 bits per heavy atom. The number of primary amides is 2. The monoisotopic (exact) mass is 1370 g/mol. The van der Waals surface area contributed by atoms with Gasteiger partial charge in [0.2, 0.25) is 23.6 Å². The molecule has 0 saturated heterocycles. The van der Waals surface area contributed by atoms with Crippen LogP contribution in [0, 0.1) is 45.4 Å². The molecule has 0 saturated carbocycles. The lowest BCUT2D eigenvalue weighted by Crippen LogP contribution is -2.50. The van der Waals surface area contributed by atoms with Crippen LogP contribution < -0.4 is 38.5 Å². The number of unbranched alkanes of at least 4 members (excludes halogenated alkanes) is 2. The normalized spacial score (nSPS) is 12.8. The maximum atomic E-state index is 14.0. The van der Waals surface area contributed by atoms with Crippen molar-refractivity contribution >= 4 is 65.8 Å². The van der Waals surface area contributed by atoms with E-state index in [2.05, 4.69) is 21.3 Å². The molecule has 6 atom stereocenters. The molecule has 0 bridgehead atoms. The first-order chi connectivity index (χ1) is 46.1. The highest BCUT2D eigenvalue weighted by Crippen LogP contribution is 2.27. The third kappa shape index (κ3) is 29.8. The van der Waals surface area contributed by atoms with Crippen molar-refractivity contribution in [1.82, 2.24) is 21.3 Å². The lowest BCUT2D eigenvalue weighted by Gasteiger charge is -2.25. The summed E-state index contributed by atoms with van der Waals surface area (Å²) in [6.07, 6.45) is 1.73. The SMILES string of the molecule is Cc1cc(O)cc(C)c1C[C@H](CC(=O)OC(C)(C)C)C(=O)N[C@@H](CCCCNC(=O)OCc1ccccc1)C(=O)CC(Cc1ccccc1)C(N)=O.Cc1cc(O)cc(C)c1C[C@H](N)C(=O)N[C@@H](CCCCNC(=O)OCc1ccccc1)C(=O)CC(Cc1ccccc1)C(N)=O.Cl. The molecule has 21 nitrogen and oxygen atoms in total. The molecule has 0 heterocycles. The van der Waals surface area contributed by atoms with E-state index >= 15 is 0 Å². The number of phenolic OH excluding ortho intramolecular Hbond substituents is 2. The van der Waals surface area contributed by atoms with Crippen LogP contribution in [0.1, 0.15) is 134 Å². The average Bonchev–Trinajstić information content (AvgIpc) is 0.850. The van der Waals surface area contributed by atoms with Crippen molar-refractivity contribution in [2.45, 2.75) is 169 Å². The zero-order valence-corrected chi connectivity index (χ0v) is 58.1. The number of halogens is 1. The van der Waals surface area contributed by atoms with E-state index in [-0.39, 0.29) is 107 Å². The van der Waals surface area contributed by atoms with Crippen molar-refractivity contribution in [2.75, 3.05) is 13.1 Å². The lowest BCUT2D eigenvalue weighted by atomic mass is 9.88. The number of rotatable bonds is 36. The van der Waals surface area contributed by atoms with Crippen LogP contribution in [0.25, 0.3) is 0 Å². The topological polar surface area (TPSA) is 348 Å². The molecule has 0 radical (unpaired) electrons. The molecule has 0 spiro atoms. The first-order valence-corrected chi connectivity index (χ1v) is 32.9. The fourth-order valence-corrected chi connectivity index (χ4v) is 11.2. The lowest BCUT2D eigenvalue weighted by molar-refractivity contribution is -0.157. The smallest absolute Gasteiger partial charge is 0.407 e. The Balaban J connectivity index is 0.000000416. The van der Waals surface area contributed by atoms with Gasteiger partial charge in [-0.2, -0.15) is 0 Å². The fraction of sp³-hybridized carbons (Fsp3) is 0.408. The van der Waals surface area contributed by atoms with Gasteiger partial charge in [-0.05, 0) is 193 Å². The number of carbonyl (C=O) groups excluding carboxylic acids is 9. The molecule has 528 valence electrons. The van der Waals surface area contributed by atoms with Crippen LogP contribution >= 0.6 is 12.4 Å². The van der Waals surface area contributed by atoms with Crippen molar-refractivity contribution in [3.05, 3.63) is 201 Å². The number of esters is 1. The summed E-state index contributed by atoms with van der Waals surface area (Å²) in [4.78, 5) is 117. The van der Waals surface area contributed by atoms with Gasteiger partial charge in [-0.1, -0.05) is 121 Å². The number of alkyl carbamates (subject to hydrolysis) is 2. The predicted octanol–water partition coefficient (Wildman–Crippen LogP) is 9.97. The molecule has 6 amide bonds. The Morgan fingerprint density at radius 1 is 0.459 bits per heavy atom. The van der Waals surface area contributed by atoms with Crippen LogP contribution in [-0.4, -0.2) is 100 Å². The number of phenols is 2. The number of benzene rings is 6. The summed E-state index contributed by atoms with van der Waals surface area (Å²) in [5.41, 5.74) is 25.2. The van der Waals surface area contributed by atoms with Gasteiger partial charge >= 0.3 is 18.2 Å². The van der Waals surface area contributed by atoms with Gasteiger partial charge in [-0.3, -0.25) is 33.6 Å². The molecule has 6 aromatic carbocycles. The molecular weight excluding hydrogens is 1270 g/mol. The second-order valence-electron chi connectivity index (χ2n) is 25.6. The fourth-order valence-electron chi connectivity index (χ4n) is 11.2. The van der Waals surface area contributed by atoms with Gasteiger partial charge in [0, 0.05) is 37.8 Å². The summed E-state index contributed by atoms with van der Waals surface area (Å²) in [5, 5.41) is 31.1. The molecular formula is C76H98ClN7O14. The van der Waals surface area contributed by atoms with Crippen molar-refractivity contribution in [3.8, 4) is 11.5 Å². The number of Topliss-reactive ketones (excluding diaryl/α,β-unsaturated/α-hetero) is 2. The van der Waals surface area contributed by atoms with E-state index in [1.807, 2.05) is 149 Å². The second-order valence-corrected chi connectivity index (χ2v) is 25.6. The number of hydrogen-bond acceptors (Lipinski definition) is 15. The number of aryl methyl sites for hydroxylation is 4. The summed E-state index contributed by atoms with van der Waals surface area (Å²) >= 11 is 0. The van der Waals surface area contributed by atoms with Crippen LogP contribution in [-0.2, 0) is 86.7 Å². The predicted molar refractivity (Wildman–Crippen MR) is 377 cm³/mol. The summed E-state index contributed by atoms with van der Waals surface area (Å²) in [7, 11) is 0.